The molecule has 0 amide bonds. The van der Waals surface area contributed by atoms with Crippen LogP contribution >= 0.6 is 0 Å². The van der Waals surface area contributed by atoms with Crippen molar-refractivity contribution in [3.63, 3.8) is 0 Å². The van der Waals surface area contributed by atoms with Gasteiger partial charge in [0.1, 0.15) is 0 Å². The van der Waals surface area contributed by atoms with E-state index in [0.717, 1.165) is 26.2 Å². The highest BCUT2D eigenvalue weighted by molar-refractivity contribution is 7.79. The molecule has 1 rings (SSSR count). The number of hydrogen-bond donors (Lipinski definition) is 5. The summed E-state index contributed by atoms with van der Waals surface area (Å²) < 4.78 is 31.6. The summed E-state index contributed by atoms with van der Waals surface area (Å²) in [7, 11) is -4.67. The molecule has 0 aromatic carbocycles. The summed E-state index contributed by atoms with van der Waals surface area (Å²) in [6.07, 6.45) is 0. The van der Waals surface area contributed by atoms with Gasteiger partial charge in [-0.2, -0.15) is 8.42 Å². The minimum absolute atomic E-state index is 0.191. The van der Waals surface area contributed by atoms with Crippen molar-refractivity contribution in [2.24, 2.45) is 5.73 Å². The molecule has 84 valence electrons. The molecule has 9 heteroatoms. The molecule has 0 radical (unpaired) electrons. The second kappa shape index (κ2) is 5.75. The minimum Gasteiger partial charge on any atom is -0.370 e. The van der Waals surface area contributed by atoms with Crippen LogP contribution in [0.3, 0.4) is 0 Å². The summed E-state index contributed by atoms with van der Waals surface area (Å²) in [5, 5.41) is 10.2. The first-order valence-electron chi connectivity index (χ1n) is 3.80. The van der Waals surface area contributed by atoms with Crippen LogP contribution in [-0.2, 0) is 10.4 Å². The molecular weight excluding hydrogens is 212 g/mol. The van der Waals surface area contributed by atoms with E-state index in [9.17, 15) is 0 Å². The monoisotopic (exact) mass is 226 g/mol. The molecule has 1 aliphatic heterocycles. The molecule has 8 nitrogen and oxygen atoms in total. The zero-order valence-electron chi connectivity index (χ0n) is 7.47. The van der Waals surface area contributed by atoms with Gasteiger partial charge in [0, 0.05) is 26.2 Å². The Labute approximate surface area is 82.2 Å². The Bertz CT molecular complexity index is 263. The van der Waals surface area contributed by atoms with Gasteiger partial charge in [-0.15, -0.1) is 0 Å². The van der Waals surface area contributed by atoms with Gasteiger partial charge in [-0.1, -0.05) is 0 Å². The van der Waals surface area contributed by atoms with Gasteiger partial charge in [0.15, 0.2) is 5.96 Å². The van der Waals surface area contributed by atoms with Crippen LogP contribution in [0.1, 0.15) is 0 Å². The zero-order valence-corrected chi connectivity index (χ0v) is 8.29. The van der Waals surface area contributed by atoms with Crippen LogP contribution < -0.4 is 11.1 Å². The van der Waals surface area contributed by atoms with Crippen molar-refractivity contribution in [1.29, 1.82) is 5.41 Å². The molecule has 1 saturated heterocycles. The van der Waals surface area contributed by atoms with E-state index in [-0.39, 0.29) is 5.96 Å². The van der Waals surface area contributed by atoms with Crippen LogP contribution in [0.25, 0.3) is 0 Å². The van der Waals surface area contributed by atoms with E-state index in [4.69, 9.17) is 28.7 Å². The minimum atomic E-state index is -4.67. The topological polar surface area (TPSA) is 140 Å². The fraction of sp³-hybridized carbons (Fsp3) is 0.800. The third-order valence-corrected chi connectivity index (χ3v) is 1.46. The maximum Gasteiger partial charge on any atom is 0.394 e. The summed E-state index contributed by atoms with van der Waals surface area (Å²) in [5.41, 5.74) is 5.25. The molecule has 0 bridgehead atoms. The molecule has 0 spiro atoms. The third kappa shape index (κ3) is 9.19. The Kier molecular flexibility index (Phi) is 5.38. The van der Waals surface area contributed by atoms with E-state index in [2.05, 4.69) is 5.32 Å². The van der Waals surface area contributed by atoms with Crippen LogP contribution in [0, 0.1) is 5.41 Å². The average Bonchev–Trinajstić information content (AvgIpc) is 2.03. The van der Waals surface area contributed by atoms with Crippen molar-refractivity contribution >= 4 is 16.4 Å². The van der Waals surface area contributed by atoms with Gasteiger partial charge in [0.25, 0.3) is 0 Å². The number of nitrogens with zero attached hydrogens (tertiary/aromatic N) is 1. The fourth-order valence-electron chi connectivity index (χ4n) is 0.906. The molecule has 1 aliphatic rings. The lowest BCUT2D eigenvalue weighted by Gasteiger charge is -2.27. The van der Waals surface area contributed by atoms with E-state index >= 15 is 0 Å². The molecule has 0 aliphatic carbocycles. The Balaban J connectivity index is 0.000000292. The highest BCUT2D eigenvalue weighted by Gasteiger charge is 2.08. The van der Waals surface area contributed by atoms with Crippen molar-refractivity contribution < 1.29 is 17.5 Å². The predicted octanol–water partition coefficient (Wildman–Crippen LogP) is -1.87. The first-order chi connectivity index (χ1) is 6.30. The average molecular weight is 226 g/mol. The van der Waals surface area contributed by atoms with E-state index in [1.807, 2.05) is 4.90 Å². The standard InChI is InChI=1S/C5H12N4.H2O4S/c6-5(7)9-3-1-8-2-4-9;1-5(2,3)4/h8H,1-4H2,(H3,6,7);(H2,1,2,3,4). The molecule has 0 aromatic rings. The number of nitrogens with two attached hydrogens (primary N) is 1. The second-order valence-electron chi connectivity index (χ2n) is 2.57. The van der Waals surface area contributed by atoms with Crippen molar-refractivity contribution in [3.05, 3.63) is 0 Å². The summed E-state index contributed by atoms with van der Waals surface area (Å²) in [6, 6.07) is 0. The van der Waals surface area contributed by atoms with Gasteiger partial charge < -0.3 is 16.0 Å². The van der Waals surface area contributed by atoms with E-state index < -0.39 is 10.4 Å². The molecule has 0 unspecified atom stereocenters. The lowest BCUT2D eigenvalue weighted by atomic mass is 10.4. The van der Waals surface area contributed by atoms with Gasteiger partial charge in [-0.3, -0.25) is 14.5 Å². The van der Waals surface area contributed by atoms with Crippen LogP contribution in [0.4, 0.5) is 0 Å². The molecular formula is C5H14N4O4S. The SMILES string of the molecule is N=C(N)N1CCNCC1.O=S(=O)(O)O. The number of guanidine groups is 1. The van der Waals surface area contributed by atoms with Crippen LogP contribution in [0.15, 0.2) is 0 Å². The molecule has 0 aromatic heterocycles. The number of rotatable bonds is 0. The Morgan fingerprint density at radius 1 is 1.36 bits per heavy atom. The Morgan fingerprint density at radius 2 is 1.71 bits per heavy atom. The van der Waals surface area contributed by atoms with E-state index in [1.165, 1.54) is 0 Å². The highest BCUT2D eigenvalue weighted by atomic mass is 32.3. The largest absolute Gasteiger partial charge is 0.394 e. The quantitative estimate of drug-likeness (QED) is 0.185. The van der Waals surface area contributed by atoms with Crippen LogP contribution in [-0.4, -0.2) is 54.6 Å². The Morgan fingerprint density at radius 3 is 1.93 bits per heavy atom. The van der Waals surface area contributed by atoms with Gasteiger partial charge in [-0.05, 0) is 0 Å². The second-order valence-corrected chi connectivity index (χ2v) is 3.47. The molecule has 1 fully saturated rings. The third-order valence-electron chi connectivity index (χ3n) is 1.46. The number of nitrogens with one attached hydrogen (secondary N) is 2. The highest BCUT2D eigenvalue weighted by Crippen LogP contribution is 1.88. The normalized spacial score (nSPS) is 16.9. The number of hydrogen-bond acceptors (Lipinski definition) is 4. The molecule has 0 atom stereocenters. The first-order valence-corrected chi connectivity index (χ1v) is 5.20. The molecule has 0 saturated carbocycles. The van der Waals surface area contributed by atoms with Crippen molar-refractivity contribution in [2.45, 2.75) is 0 Å². The predicted molar refractivity (Wildman–Crippen MR) is 50.5 cm³/mol. The van der Waals surface area contributed by atoms with Gasteiger partial charge in [-0.25, -0.2) is 0 Å². The molecule has 6 N–H and O–H groups in total. The maximum atomic E-state index is 8.74. The van der Waals surface area contributed by atoms with Gasteiger partial charge >= 0.3 is 10.4 Å². The van der Waals surface area contributed by atoms with Crippen LogP contribution in [0.2, 0.25) is 0 Å². The molecule has 1 heterocycles. The van der Waals surface area contributed by atoms with Gasteiger partial charge in [0.2, 0.25) is 0 Å². The van der Waals surface area contributed by atoms with E-state index in [1.54, 1.807) is 0 Å². The fourth-order valence-corrected chi connectivity index (χ4v) is 0.906. The summed E-state index contributed by atoms with van der Waals surface area (Å²) in [5.74, 6) is 0.191. The van der Waals surface area contributed by atoms with Crippen molar-refractivity contribution in [1.82, 2.24) is 10.2 Å². The summed E-state index contributed by atoms with van der Waals surface area (Å²) in [6.45, 7) is 3.63. The lowest BCUT2D eigenvalue weighted by molar-refractivity contribution is 0.352. The summed E-state index contributed by atoms with van der Waals surface area (Å²) in [4.78, 5) is 1.86. The number of piperazine rings is 1. The molecule has 14 heavy (non-hydrogen) atoms. The van der Waals surface area contributed by atoms with Crippen molar-refractivity contribution in [2.75, 3.05) is 26.2 Å². The smallest absolute Gasteiger partial charge is 0.370 e. The maximum absolute atomic E-state index is 8.74. The van der Waals surface area contributed by atoms with Crippen LogP contribution in [0.5, 0.6) is 0 Å². The van der Waals surface area contributed by atoms with Crippen molar-refractivity contribution in [3.8, 4) is 0 Å². The Hall–Kier alpha value is -0.900. The summed E-state index contributed by atoms with van der Waals surface area (Å²) >= 11 is 0. The zero-order chi connectivity index (χ0) is 11.2. The van der Waals surface area contributed by atoms with E-state index in [0.29, 0.717) is 0 Å². The lowest BCUT2D eigenvalue weighted by Crippen LogP contribution is -2.48. The first kappa shape index (κ1) is 13.1. The van der Waals surface area contributed by atoms with Gasteiger partial charge in [0.05, 0.1) is 0 Å².